The van der Waals surface area contributed by atoms with Crippen molar-refractivity contribution in [2.24, 2.45) is 0 Å². The van der Waals surface area contributed by atoms with Gasteiger partial charge in [0, 0.05) is 24.4 Å². The van der Waals surface area contributed by atoms with Gasteiger partial charge in [0.1, 0.15) is 6.04 Å². The molecule has 1 atom stereocenters. The standard InChI is InChI=1S/C16H22N2O2/c1-16(8-10-20-11-9-16)18-15(19)14-7-6-12-4-2-3-5-13(12)17-14/h2-5,14,17H,6-11H2,1H3,(H,18,19). The predicted molar refractivity (Wildman–Crippen MR) is 78.8 cm³/mol. The molecule has 1 unspecified atom stereocenters. The molecule has 1 amide bonds. The van der Waals surface area contributed by atoms with Crippen molar-refractivity contribution >= 4 is 11.6 Å². The van der Waals surface area contributed by atoms with Crippen molar-refractivity contribution in [1.29, 1.82) is 0 Å². The van der Waals surface area contributed by atoms with E-state index in [1.807, 2.05) is 18.2 Å². The molecule has 2 aliphatic rings. The van der Waals surface area contributed by atoms with Crippen LogP contribution in [-0.2, 0) is 16.0 Å². The highest BCUT2D eigenvalue weighted by molar-refractivity contribution is 5.86. The van der Waals surface area contributed by atoms with Crippen molar-refractivity contribution in [3.05, 3.63) is 29.8 Å². The first-order chi connectivity index (χ1) is 9.66. The molecule has 1 saturated heterocycles. The zero-order valence-electron chi connectivity index (χ0n) is 11.9. The van der Waals surface area contributed by atoms with Gasteiger partial charge in [-0.1, -0.05) is 18.2 Å². The van der Waals surface area contributed by atoms with Gasteiger partial charge in [0.25, 0.3) is 0 Å². The molecule has 2 aliphatic heterocycles. The molecular weight excluding hydrogens is 252 g/mol. The lowest BCUT2D eigenvalue weighted by atomic mass is 9.91. The van der Waals surface area contributed by atoms with E-state index in [2.05, 4.69) is 23.6 Å². The second kappa shape index (κ2) is 5.44. The quantitative estimate of drug-likeness (QED) is 0.868. The van der Waals surface area contributed by atoms with Crippen LogP contribution in [0.15, 0.2) is 24.3 Å². The Bertz CT molecular complexity index is 495. The summed E-state index contributed by atoms with van der Waals surface area (Å²) in [5, 5.41) is 6.57. The molecule has 2 heterocycles. The van der Waals surface area contributed by atoms with Crippen LogP contribution in [0.5, 0.6) is 0 Å². The summed E-state index contributed by atoms with van der Waals surface area (Å²) >= 11 is 0. The highest BCUT2D eigenvalue weighted by Crippen LogP contribution is 2.25. The highest BCUT2D eigenvalue weighted by Gasteiger charge is 2.32. The van der Waals surface area contributed by atoms with Gasteiger partial charge in [-0.15, -0.1) is 0 Å². The minimum absolute atomic E-state index is 0.115. The molecule has 4 heteroatoms. The maximum atomic E-state index is 12.5. The number of aryl methyl sites for hydroxylation is 1. The summed E-state index contributed by atoms with van der Waals surface area (Å²) in [4.78, 5) is 12.5. The van der Waals surface area contributed by atoms with Crippen molar-refractivity contribution in [2.45, 2.75) is 44.2 Å². The molecule has 20 heavy (non-hydrogen) atoms. The van der Waals surface area contributed by atoms with Crippen molar-refractivity contribution < 1.29 is 9.53 Å². The van der Waals surface area contributed by atoms with Gasteiger partial charge in [0.05, 0.1) is 0 Å². The monoisotopic (exact) mass is 274 g/mol. The van der Waals surface area contributed by atoms with E-state index in [1.54, 1.807) is 0 Å². The highest BCUT2D eigenvalue weighted by atomic mass is 16.5. The summed E-state index contributed by atoms with van der Waals surface area (Å²) < 4.78 is 5.37. The fourth-order valence-electron chi connectivity index (χ4n) is 2.97. The fourth-order valence-corrected chi connectivity index (χ4v) is 2.97. The Morgan fingerprint density at radius 2 is 2.10 bits per heavy atom. The Hall–Kier alpha value is -1.55. The van der Waals surface area contributed by atoms with Gasteiger partial charge in [-0.3, -0.25) is 4.79 Å². The largest absolute Gasteiger partial charge is 0.381 e. The summed E-state index contributed by atoms with van der Waals surface area (Å²) in [7, 11) is 0. The summed E-state index contributed by atoms with van der Waals surface area (Å²) in [5.41, 5.74) is 2.28. The van der Waals surface area contributed by atoms with Gasteiger partial charge < -0.3 is 15.4 Å². The Labute approximate surface area is 119 Å². The third-order valence-electron chi connectivity index (χ3n) is 4.39. The summed E-state index contributed by atoms with van der Waals surface area (Å²) in [6.45, 7) is 3.58. The second-order valence-corrected chi connectivity index (χ2v) is 6.06. The van der Waals surface area contributed by atoms with Gasteiger partial charge in [-0.2, -0.15) is 0 Å². The number of para-hydroxylation sites is 1. The predicted octanol–water partition coefficient (Wildman–Crippen LogP) is 2.10. The Morgan fingerprint density at radius 1 is 1.35 bits per heavy atom. The van der Waals surface area contributed by atoms with Crippen molar-refractivity contribution in [3.63, 3.8) is 0 Å². The molecule has 0 bridgehead atoms. The molecule has 1 aromatic carbocycles. The number of fused-ring (bicyclic) bond motifs is 1. The van der Waals surface area contributed by atoms with Crippen LogP contribution in [0.2, 0.25) is 0 Å². The maximum Gasteiger partial charge on any atom is 0.242 e. The zero-order valence-corrected chi connectivity index (χ0v) is 11.9. The van der Waals surface area contributed by atoms with Crippen LogP contribution in [0.4, 0.5) is 5.69 Å². The molecule has 2 N–H and O–H groups in total. The number of anilines is 1. The molecule has 0 radical (unpaired) electrons. The molecule has 1 fully saturated rings. The first-order valence-electron chi connectivity index (χ1n) is 7.41. The third-order valence-corrected chi connectivity index (χ3v) is 4.39. The van der Waals surface area contributed by atoms with Gasteiger partial charge >= 0.3 is 0 Å². The summed E-state index contributed by atoms with van der Waals surface area (Å²) in [6.07, 6.45) is 3.60. The van der Waals surface area contributed by atoms with Gasteiger partial charge in [0.2, 0.25) is 5.91 Å². The average molecular weight is 274 g/mol. The van der Waals surface area contributed by atoms with Crippen LogP contribution >= 0.6 is 0 Å². The molecule has 3 rings (SSSR count). The van der Waals surface area contributed by atoms with E-state index in [0.29, 0.717) is 0 Å². The molecule has 0 spiro atoms. The molecule has 0 aliphatic carbocycles. The van der Waals surface area contributed by atoms with E-state index in [4.69, 9.17) is 4.74 Å². The molecule has 4 nitrogen and oxygen atoms in total. The van der Waals surface area contributed by atoms with E-state index < -0.39 is 0 Å². The number of nitrogens with one attached hydrogen (secondary N) is 2. The molecule has 1 aromatic rings. The number of hydrogen-bond acceptors (Lipinski definition) is 3. The third kappa shape index (κ3) is 2.80. The van der Waals surface area contributed by atoms with E-state index in [9.17, 15) is 4.79 Å². The summed E-state index contributed by atoms with van der Waals surface area (Å²) in [5.74, 6) is 0.115. The number of hydrogen-bond donors (Lipinski definition) is 2. The van der Waals surface area contributed by atoms with Crippen molar-refractivity contribution in [1.82, 2.24) is 5.32 Å². The second-order valence-electron chi connectivity index (χ2n) is 6.06. The van der Waals surface area contributed by atoms with E-state index >= 15 is 0 Å². The number of ether oxygens (including phenoxy) is 1. The lowest BCUT2D eigenvalue weighted by molar-refractivity contribution is -0.124. The molecule has 108 valence electrons. The van der Waals surface area contributed by atoms with Gasteiger partial charge in [-0.05, 0) is 44.2 Å². The summed E-state index contributed by atoms with van der Waals surface area (Å²) in [6, 6.07) is 8.10. The Morgan fingerprint density at radius 3 is 2.90 bits per heavy atom. The number of rotatable bonds is 2. The molecule has 0 aromatic heterocycles. The zero-order chi connectivity index (χ0) is 14.0. The number of carbonyl (C=O) groups excluding carboxylic acids is 1. The fraction of sp³-hybridized carbons (Fsp3) is 0.562. The lowest BCUT2D eigenvalue weighted by Gasteiger charge is -2.36. The maximum absolute atomic E-state index is 12.5. The van der Waals surface area contributed by atoms with Gasteiger partial charge in [0.15, 0.2) is 0 Å². The van der Waals surface area contributed by atoms with Gasteiger partial charge in [-0.25, -0.2) is 0 Å². The lowest BCUT2D eigenvalue weighted by Crippen LogP contribution is -2.54. The van der Waals surface area contributed by atoms with Crippen LogP contribution in [0.25, 0.3) is 0 Å². The molecule has 0 saturated carbocycles. The SMILES string of the molecule is CC1(NC(=O)C2CCc3ccccc3N2)CCOCC1. The number of carbonyl (C=O) groups is 1. The van der Waals surface area contributed by atoms with Crippen LogP contribution < -0.4 is 10.6 Å². The van der Waals surface area contributed by atoms with Crippen molar-refractivity contribution in [2.75, 3.05) is 18.5 Å². The van der Waals surface area contributed by atoms with Crippen LogP contribution in [0.1, 0.15) is 31.7 Å². The normalized spacial score (nSPS) is 24.4. The van der Waals surface area contributed by atoms with E-state index in [0.717, 1.165) is 44.6 Å². The van der Waals surface area contributed by atoms with E-state index in [1.165, 1.54) is 5.56 Å². The first-order valence-corrected chi connectivity index (χ1v) is 7.41. The van der Waals surface area contributed by atoms with Crippen LogP contribution in [-0.4, -0.2) is 30.7 Å². The van der Waals surface area contributed by atoms with Crippen LogP contribution in [0.3, 0.4) is 0 Å². The first kappa shape index (κ1) is 13.4. The minimum Gasteiger partial charge on any atom is -0.381 e. The average Bonchev–Trinajstić information content (AvgIpc) is 2.47. The van der Waals surface area contributed by atoms with Crippen LogP contribution in [0, 0.1) is 0 Å². The minimum atomic E-state index is -0.121. The smallest absolute Gasteiger partial charge is 0.242 e. The number of amides is 1. The number of benzene rings is 1. The van der Waals surface area contributed by atoms with E-state index in [-0.39, 0.29) is 17.5 Å². The van der Waals surface area contributed by atoms with Crippen molar-refractivity contribution in [3.8, 4) is 0 Å². The Kier molecular flexibility index (Phi) is 3.66. The topological polar surface area (TPSA) is 50.4 Å². The molecular formula is C16H22N2O2. The Balaban J connectivity index is 1.64.